The molecule has 0 spiro atoms. The lowest BCUT2D eigenvalue weighted by Crippen LogP contribution is -2.38. The van der Waals surface area contributed by atoms with Crippen molar-refractivity contribution in [3.8, 4) is 5.88 Å². The van der Waals surface area contributed by atoms with E-state index in [-0.39, 0.29) is 11.0 Å². The average molecular weight is 238 g/mol. The van der Waals surface area contributed by atoms with E-state index in [1.165, 1.54) is 0 Å². The molecule has 1 fully saturated rings. The Bertz CT molecular complexity index is 337. The van der Waals surface area contributed by atoms with E-state index in [1.54, 1.807) is 6.20 Å². The van der Waals surface area contributed by atoms with Crippen molar-refractivity contribution in [3.05, 3.63) is 24.4 Å². The maximum Gasteiger partial charge on any atom is 0.213 e. The van der Waals surface area contributed by atoms with Crippen LogP contribution in [0, 0.1) is 0 Å². The Morgan fingerprint density at radius 1 is 1.50 bits per heavy atom. The fraction of sp³-hybridized carbons (Fsp3) is 0.583. The van der Waals surface area contributed by atoms with Gasteiger partial charge in [0.1, 0.15) is 6.10 Å². The second kappa shape index (κ2) is 4.63. The fourth-order valence-corrected chi connectivity index (χ4v) is 2.09. The highest BCUT2D eigenvalue weighted by atomic mass is 32.1. The first kappa shape index (κ1) is 11.7. The predicted molar refractivity (Wildman–Crippen MR) is 67.9 cm³/mol. The van der Waals surface area contributed by atoms with Gasteiger partial charge >= 0.3 is 0 Å². The summed E-state index contributed by atoms with van der Waals surface area (Å²) in [5.74, 6) is 0.714. The van der Waals surface area contributed by atoms with Gasteiger partial charge in [-0.2, -0.15) is 12.6 Å². The van der Waals surface area contributed by atoms with Crippen LogP contribution < -0.4 is 4.74 Å². The smallest absolute Gasteiger partial charge is 0.213 e. The molecule has 4 heteroatoms. The molecule has 1 aromatic rings. The van der Waals surface area contributed by atoms with Crippen LogP contribution in [0.5, 0.6) is 5.88 Å². The molecule has 0 aliphatic carbocycles. The molecule has 2 heterocycles. The molecule has 0 radical (unpaired) electrons. The lowest BCUT2D eigenvalue weighted by molar-refractivity contribution is 0.173. The predicted octanol–water partition coefficient (Wildman–Crippen LogP) is 2.20. The van der Waals surface area contributed by atoms with E-state index in [1.807, 2.05) is 18.2 Å². The van der Waals surface area contributed by atoms with E-state index >= 15 is 0 Å². The third-order valence-electron chi connectivity index (χ3n) is 2.84. The molecule has 1 saturated heterocycles. The van der Waals surface area contributed by atoms with Gasteiger partial charge in [0.25, 0.3) is 0 Å². The zero-order valence-corrected chi connectivity index (χ0v) is 10.7. The summed E-state index contributed by atoms with van der Waals surface area (Å²) in [4.78, 5) is 6.43. The van der Waals surface area contributed by atoms with Crippen molar-refractivity contribution in [2.75, 3.05) is 13.1 Å². The lowest BCUT2D eigenvalue weighted by Gasteiger charge is -2.30. The number of hydrogen-bond donors (Lipinski definition) is 1. The molecular weight excluding hydrogens is 220 g/mol. The highest BCUT2D eigenvalue weighted by Gasteiger charge is 2.32. The van der Waals surface area contributed by atoms with Crippen LogP contribution in [0.2, 0.25) is 0 Å². The molecule has 88 valence electrons. The first-order valence-corrected chi connectivity index (χ1v) is 6.05. The van der Waals surface area contributed by atoms with Gasteiger partial charge in [-0.25, -0.2) is 4.98 Å². The van der Waals surface area contributed by atoms with Crippen LogP contribution in [-0.4, -0.2) is 33.9 Å². The zero-order valence-electron chi connectivity index (χ0n) is 9.76. The van der Waals surface area contributed by atoms with Crippen LogP contribution in [0.1, 0.15) is 20.3 Å². The van der Waals surface area contributed by atoms with E-state index in [9.17, 15) is 0 Å². The molecule has 16 heavy (non-hydrogen) atoms. The molecule has 2 rings (SSSR count). The minimum atomic E-state index is -0.0672. The molecule has 0 amide bonds. The summed E-state index contributed by atoms with van der Waals surface area (Å²) < 4.78 is 5.81. The molecule has 0 aromatic carbocycles. The van der Waals surface area contributed by atoms with Crippen molar-refractivity contribution in [1.82, 2.24) is 9.88 Å². The number of likely N-dealkylation sites (tertiary alicyclic amines) is 1. The minimum absolute atomic E-state index is 0.0672. The van der Waals surface area contributed by atoms with Gasteiger partial charge < -0.3 is 4.74 Å². The summed E-state index contributed by atoms with van der Waals surface area (Å²) in [7, 11) is 0. The van der Waals surface area contributed by atoms with Crippen LogP contribution >= 0.6 is 12.6 Å². The first-order valence-electron chi connectivity index (χ1n) is 5.61. The summed E-state index contributed by atoms with van der Waals surface area (Å²) in [5, 5.41) is 0. The van der Waals surface area contributed by atoms with E-state index in [0.717, 1.165) is 19.5 Å². The van der Waals surface area contributed by atoms with E-state index in [4.69, 9.17) is 4.74 Å². The lowest BCUT2D eigenvalue weighted by atomic mass is 10.3. The second-order valence-corrected chi connectivity index (χ2v) is 5.73. The Hall–Kier alpha value is -0.740. The third-order valence-corrected chi connectivity index (χ3v) is 3.13. The van der Waals surface area contributed by atoms with Gasteiger partial charge in [0.15, 0.2) is 0 Å². The summed E-state index contributed by atoms with van der Waals surface area (Å²) in [6, 6.07) is 5.73. The highest BCUT2D eigenvalue weighted by Crippen LogP contribution is 2.25. The minimum Gasteiger partial charge on any atom is -0.473 e. The molecule has 1 aromatic heterocycles. The molecule has 1 aliphatic heterocycles. The Kier molecular flexibility index (Phi) is 3.40. The zero-order chi connectivity index (χ0) is 11.6. The topological polar surface area (TPSA) is 25.4 Å². The summed E-state index contributed by atoms with van der Waals surface area (Å²) in [5.41, 5.74) is 0. The van der Waals surface area contributed by atoms with Gasteiger partial charge in [-0.15, -0.1) is 0 Å². The third kappa shape index (κ3) is 2.89. The highest BCUT2D eigenvalue weighted by molar-refractivity contribution is 7.81. The van der Waals surface area contributed by atoms with Crippen molar-refractivity contribution in [3.63, 3.8) is 0 Å². The second-order valence-electron chi connectivity index (χ2n) is 4.64. The van der Waals surface area contributed by atoms with Crippen LogP contribution in [0.25, 0.3) is 0 Å². The SMILES string of the molecule is CC(C)(S)N1CCC(Oc2ccccn2)C1. The molecule has 0 saturated carbocycles. The number of thiol groups is 1. The van der Waals surface area contributed by atoms with E-state index in [0.29, 0.717) is 5.88 Å². The number of hydrogen-bond acceptors (Lipinski definition) is 4. The quantitative estimate of drug-likeness (QED) is 0.817. The van der Waals surface area contributed by atoms with Gasteiger partial charge in [-0.1, -0.05) is 6.07 Å². The van der Waals surface area contributed by atoms with Crippen molar-refractivity contribution < 1.29 is 4.74 Å². The monoisotopic (exact) mass is 238 g/mol. The van der Waals surface area contributed by atoms with Crippen LogP contribution in [0.3, 0.4) is 0 Å². The molecule has 0 bridgehead atoms. The van der Waals surface area contributed by atoms with Gasteiger partial charge in [0.2, 0.25) is 5.88 Å². The molecule has 1 unspecified atom stereocenters. The average Bonchev–Trinajstić information content (AvgIpc) is 2.67. The van der Waals surface area contributed by atoms with Crippen LogP contribution in [0.15, 0.2) is 24.4 Å². The van der Waals surface area contributed by atoms with Crippen LogP contribution in [-0.2, 0) is 0 Å². The molecule has 1 atom stereocenters. The summed E-state index contributed by atoms with van der Waals surface area (Å²) >= 11 is 4.57. The van der Waals surface area contributed by atoms with Gasteiger partial charge in [-0.3, -0.25) is 4.90 Å². The van der Waals surface area contributed by atoms with E-state index < -0.39 is 0 Å². The van der Waals surface area contributed by atoms with Gasteiger partial charge in [0.05, 0.1) is 4.87 Å². The normalized spacial score (nSPS) is 22.3. The molecular formula is C12H18N2OS. The van der Waals surface area contributed by atoms with Crippen molar-refractivity contribution in [2.45, 2.75) is 31.2 Å². The standard InChI is InChI=1S/C12H18N2OS/c1-12(2,16)14-8-6-10(9-14)15-11-5-3-4-7-13-11/h3-5,7,10,16H,6,8-9H2,1-2H3. The number of rotatable bonds is 3. The van der Waals surface area contributed by atoms with Gasteiger partial charge in [-0.05, 0) is 26.3 Å². The maximum atomic E-state index is 5.81. The Morgan fingerprint density at radius 3 is 2.88 bits per heavy atom. The summed E-state index contributed by atoms with van der Waals surface area (Å²) in [6.45, 7) is 6.18. The Labute approximate surface area is 102 Å². The number of ether oxygens (including phenoxy) is 1. The van der Waals surface area contributed by atoms with Crippen molar-refractivity contribution >= 4 is 12.6 Å². The number of aromatic nitrogens is 1. The number of pyridine rings is 1. The number of nitrogens with zero attached hydrogens (tertiary/aromatic N) is 2. The molecule has 0 N–H and O–H groups in total. The van der Waals surface area contributed by atoms with Crippen LogP contribution in [0.4, 0.5) is 0 Å². The Morgan fingerprint density at radius 2 is 2.31 bits per heavy atom. The van der Waals surface area contributed by atoms with E-state index in [2.05, 4.69) is 36.4 Å². The van der Waals surface area contributed by atoms with Gasteiger partial charge in [0, 0.05) is 25.4 Å². The molecule has 3 nitrogen and oxygen atoms in total. The Balaban J connectivity index is 1.91. The largest absolute Gasteiger partial charge is 0.473 e. The van der Waals surface area contributed by atoms with Crippen molar-refractivity contribution in [2.24, 2.45) is 0 Å². The maximum absolute atomic E-state index is 5.81. The fourth-order valence-electron chi connectivity index (χ4n) is 1.91. The first-order chi connectivity index (χ1) is 7.55. The molecule has 1 aliphatic rings. The van der Waals surface area contributed by atoms with Crippen molar-refractivity contribution in [1.29, 1.82) is 0 Å². The summed E-state index contributed by atoms with van der Waals surface area (Å²) in [6.07, 6.45) is 3.03.